The van der Waals surface area contributed by atoms with Crippen LogP contribution in [-0.4, -0.2) is 17.8 Å². The Labute approximate surface area is 65.0 Å². The average molecular weight is 161 g/mol. The molecule has 0 rings (SSSR count). The molecule has 0 aromatic rings. The summed E-state index contributed by atoms with van der Waals surface area (Å²) in [6.07, 6.45) is 0.329. The SMILES string of the molecule is CC(Cl)C(=O)NCCC#N. The lowest BCUT2D eigenvalue weighted by Crippen LogP contribution is -2.30. The van der Waals surface area contributed by atoms with Crippen molar-refractivity contribution in [1.29, 1.82) is 5.26 Å². The average Bonchev–Trinajstić information content (AvgIpc) is 1.88. The Bertz CT molecular complexity index is 150. The standard InChI is InChI=1S/C6H9ClN2O/c1-5(7)6(10)9-4-2-3-8/h5H,2,4H2,1H3,(H,9,10). The summed E-state index contributed by atoms with van der Waals surface area (Å²) in [5.74, 6) is -0.225. The first kappa shape index (κ1) is 9.25. The van der Waals surface area contributed by atoms with Gasteiger partial charge in [0.1, 0.15) is 5.38 Å². The smallest absolute Gasteiger partial charge is 0.237 e. The first-order valence-electron chi connectivity index (χ1n) is 2.97. The van der Waals surface area contributed by atoms with Gasteiger partial charge in [-0.3, -0.25) is 4.79 Å². The summed E-state index contributed by atoms with van der Waals surface area (Å²) in [5, 5.41) is 10.1. The molecule has 10 heavy (non-hydrogen) atoms. The van der Waals surface area contributed by atoms with Crippen molar-refractivity contribution in [3.63, 3.8) is 0 Å². The third kappa shape index (κ3) is 4.16. The highest BCUT2D eigenvalue weighted by molar-refractivity contribution is 6.30. The monoisotopic (exact) mass is 160 g/mol. The van der Waals surface area contributed by atoms with Crippen molar-refractivity contribution < 1.29 is 4.79 Å². The van der Waals surface area contributed by atoms with E-state index in [0.717, 1.165) is 0 Å². The van der Waals surface area contributed by atoms with Crippen molar-refractivity contribution in [1.82, 2.24) is 5.32 Å². The van der Waals surface area contributed by atoms with Crippen molar-refractivity contribution in [2.24, 2.45) is 0 Å². The fraction of sp³-hybridized carbons (Fsp3) is 0.667. The molecule has 56 valence electrons. The number of nitriles is 1. The summed E-state index contributed by atoms with van der Waals surface area (Å²) in [6.45, 7) is 1.97. The number of hydrogen-bond donors (Lipinski definition) is 1. The van der Waals surface area contributed by atoms with Crippen LogP contribution in [0.5, 0.6) is 0 Å². The number of rotatable bonds is 3. The van der Waals surface area contributed by atoms with Gasteiger partial charge in [-0.05, 0) is 6.92 Å². The van der Waals surface area contributed by atoms with Gasteiger partial charge < -0.3 is 5.32 Å². The molecule has 0 fully saturated rings. The number of alkyl halides is 1. The molecule has 0 radical (unpaired) electrons. The zero-order valence-corrected chi connectivity index (χ0v) is 6.48. The van der Waals surface area contributed by atoms with Gasteiger partial charge in [0.15, 0.2) is 0 Å². The van der Waals surface area contributed by atoms with E-state index < -0.39 is 5.38 Å². The van der Waals surface area contributed by atoms with Gasteiger partial charge in [0.2, 0.25) is 5.91 Å². The number of nitrogens with one attached hydrogen (secondary N) is 1. The van der Waals surface area contributed by atoms with Gasteiger partial charge in [-0.2, -0.15) is 5.26 Å². The second-order valence-electron chi connectivity index (χ2n) is 1.82. The van der Waals surface area contributed by atoms with Gasteiger partial charge in [-0.25, -0.2) is 0 Å². The van der Waals surface area contributed by atoms with Crippen molar-refractivity contribution in [2.75, 3.05) is 6.54 Å². The second-order valence-corrected chi connectivity index (χ2v) is 2.47. The van der Waals surface area contributed by atoms with E-state index in [4.69, 9.17) is 16.9 Å². The van der Waals surface area contributed by atoms with E-state index in [9.17, 15) is 4.79 Å². The lowest BCUT2D eigenvalue weighted by molar-refractivity contribution is -0.120. The minimum atomic E-state index is -0.515. The van der Waals surface area contributed by atoms with Crippen LogP contribution in [0, 0.1) is 11.3 Å². The summed E-state index contributed by atoms with van der Waals surface area (Å²) in [7, 11) is 0. The number of amides is 1. The predicted octanol–water partition coefficient (Wildman–Crippen LogP) is 0.644. The van der Waals surface area contributed by atoms with Crippen molar-refractivity contribution in [2.45, 2.75) is 18.7 Å². The fourth-order valence-corrected chi connectivity index (χ4v) is 0.459. The molecular weight excluding hydrogens is 152 g/mol. The molecule has 0 aromatic carbocycles. The molecule has 0 saturated carbocycles. The lowest BCUT2D eigenvalue weighted by Gasteiger charge is -2.02. The Morgan fingerprint density at radius 2 is 2.50 bits per heavy atom. The highest BCUT2D eigenvalue weighted by Crippen LogP contribution is 1.91. The van der Waals surface area contributed by atoms with Crippen LogP contribution in [0.1, 0.15) is 13.3 Å². The van der Waals surface area contributed by atoms with Gasteiger partial charge in [0.05, 0.1) is 12.5 Å². The van der Waals surface area contributed by atoms with E-state index in [0.29, 0.717) is 13.0 Å². The Morgan fingerprint density at radius 1 is 1.90 bits per heavy atom. The molecule has 0 spiro atoms. The minimum Gasteiger partial charge on any atom is -0.354 e. The van der Waals surface area contributed by atoms with E-state index in [-0.39, 0.29) is 5.91 Å². The summed E-state index contributed by atoms with van der Waals surface area (Å²) in [5.41, 5.74) is 0. The topological polar surface area (TPSA) is 52.9 Å². The van der Waals surface area contributed by atoms with Gasteiger partial charge >= 0.3 is 0 Å². The number of hydrogen-bond acceptors (Lipinski definition) is 2. The number of carbonyl (C=O) groups is 1. The van der Waals surface area contributed by atoms with Crippen LogP contribution >= 0.6 is 11.6 Å². The second kappa shape index (κ2) is 5.07. The molecule has 4 heteroatoms. The fourth-order valence-electron chi connectivity index (χ4n) is 0.382. The summed E-state index contributed by atoms with van der Waals surface area (Å²) < 4.78 is 0. The van der Waals surface area contributed by atoms with Crippen LogP contribution in [0.3, 0.4) is 0 Å². The van der Waals surface area contributed by atoms with E-state index in [2.05, 4.69) is 5.32 Å². The maximum Gasteiger partial charge on any atom is 0.237 e. The molecule has 1 N–H and O–H groups in total. The van der Waals surface area contributed by atoms with Crippen LogP contribution in [0.2, 0.25) is 0 Å². The van der Waals surface area contributed by atoms with E-state index in [1.165, 1.54) is 0 Å². The van der Waals surface area contributed by atoms with Crippen molar-refractivity contribution in [3.8, 4) is 6.07 Å². The lowest BCUT2D eigenvalue weighted by atomic mass is 10.4. The predicted molar refractivity (Wildman–Crippen MR) is 38.6 cm³/mol. The van der Waals surface area contributed by atoms with Crippen LogP contribution in [0.4, 0.5) is 0 Å². The quantitative estimate of drug-likeness (QED) is 0.487. The van der Waals surface area contributed by atoms with Gasteiger partial charge in [-0.1, -0.05) is 0 Å². The molecule has 0 heterocycles. The Balaban J connectivity index is 3.33. The third-order valence-electron chi connectivity index (χ3n) is 0.897. The normalized spacial score (nSPS) is 11.7. The molecular formula is C6H9ClN2O. The van der Waals surface area contributed by atoms with Gasteiger partial charge in [0.25, 0.3) is 0 Å². The van der Waals surface area contributed by atoms with E-state index in [1.54, 1.807) is 6.92 Å². The zero-order chi connectivity index (χ0) is 7.98. The van der Waals surface area contributed by atoms with E-state index in [1.807, 2.05) is 6.07 Å². The Hall–Kier alpha value is -0.750. The summed E-state index contributed by atoms with van der Waals surface area (Å²) in [4.78, 5) is 10.7. The zero-order valence-electron chi connectivity index (χ0n) is 5.72. The molecule has 1 atom stereocenters. The molecule has 0 aliphatic rings. The molecule has 0 aromatic heterocycles. The van der Waals surface area contributed by atoms with Crippen molar-refractivity contribution in [3.05, 3.63) is 0 Å². The highest BCUT2D eigenvalue weighted by atomic mass is 35.5. The molecule has 0 aliphatic heterocycles. The largest absolute Gasteiger partial charge is 0.354 e. The molecule has 0 aliphatic carbocycles. The van der Waals surface area contributed by atoms with Crippen LogP contribution in [0.15, 0.2) is 0 Å². The van der Waals surface area contributed by atoms with Crippen LogP contribution in [-0.2, 0) is 4.79 Å². The first-order valence-corrected chi connectivity index (χ1v) is 3.41. The van der Waals surface area contributed by atoms with Crippen LogP contribution < -0.4 is 5.32 Å². The van der Waals surface area contributed by atoms with Crippen molar-refractivity contribution >= 4 is 17.5 Å². The molecule has 0 saturated heterocycles. The highest BCUT2D eigenvalue weighted by Gasteiger charge is 2.06. The van der Waals surface area contributed by atoms with E-state index >= 15 is 0 Å². The molecule has 3 nitrogen and oxygen atoms in total. The minimum absolute atomic E-state index is 0.225. The number of halogens is 1. The third-order valence-corrected chi connectivity index (χ3v) is 1.10. The number of carbonyl (C=O) groups excluding carboxylic acids is 1. The molecule has 0 bridgehead atoms. The maximum absolute atomic E-state index is 10.7. The van der Waals surface area contributed by atoms with Gasteiger partial charge in [0, 0.05) is 6.54 Å². The molecule has 1 unspecified atom stereocenters. The van der Waals surface area contributed by atoms with Gasteiger partial charge in [-0.15, -0.1) is 11.6 Å². The summed E-state index contributed by atoms with van der Waals surface area (Å²) in [6, 6.07) is 1.90. The maximum atomic E-state index is 10.7. The van der Waals surface area contributed by atoms with Crippen LogP contribution in [0.25, 0.3) is 0 Å². The number of nitrogens with zero attached hydrogens (tertiary/aromatic N) is 1. The molecule has 1 amide bonds. The Morgan fingerprint density at radius 3 is 2.90 bits per heavy atom. The summed E-state index contributed by atoms with van der Waals surface area (Å²) >= 11 is 5.41. The Kier molecular flexibility index (Phi) is 4.69. The first-order chi connectivity index (χ1) is 4.68.